The molecule has 0 aliphatic rings. The highest BCUT2D eigenvalue weighted by Gasteiger charge is 2.13. The SMILES string of the molecule is O=C(NCc1ccco1)C(=O)N/N=C/c1cc([N+](=O)[O-])ccc1Cl. The number of amides is 2. The quantitative estimate of drug-likeness (QED) is 0.366. The van der Waals surface area contributed by atoms with Crippen LogP contribution in [0.5, 0.6) is 0 Å². The summed E-state index contributed by atoms with van der Waals surface area (Å²) in [6.45, 7) is 0.0552. The number of nitro groups is 1. The second kappa shape index (κ2) is 7.88. The minimum absolute atomic E-state index is 0.0552. The molecule has 124 valence electrons. The highest BCUT2D eigenvalue weighted by molar-refractivity contribution is 6.35. The Bertz CT molecular complexity index is 788. The zero-order chi connectivity index (χ0) is 17.5. The first kappa shape index (κ1) is 17.2. The topological polar surface area (TPSA) is 127 Å². The number of benzene rings is 1. The van der Waals surface area contributed by atoms with Crippen molar-refractivity contribution < 1.29 is 18.9 Å². The van der Waals surface area contributed by atoms with Crippen LogP contribution in [0.1, 0.15) is 11.3 Å². The highest BCUT2D eigenvalue weighted by Crippen LogP contribution is 2.20. The van der Waals surface area contributed by atoms with E-state index in [2.05, 4.69) is 10.4 Å². The van der Waals surface area contributed by atoms with Crippen molar-refractivity contribution in [3.63, 3.8) is 0 Å². The Labute approximate surface area is 140 Å². The molecule has 0 saturated carbocycles. The molecule has 0 bridgehead atoms. The fourth-order valence-corrected chi connectivity index (χ4v) is 1.78. The number of hydrogen-bond acceptors (Lipinski definition) is 6. The van der Waals surface area contributed by atoms with Crippen LogP contribution in [0.15, 0.2) is 46.1 Å². The van der Waals surface area contributed by atoms with Crippen LogP contribution >= 0.6 is 11.6 Å². The van der Waals surface area contributed by atoms with Gasteiger partial charge in [0.25, 0.3) is 5.69 Å². The lowest BCUT2D eigenvalue weighted by atomic mass is 10.2. The molecule has 0 saturated heterocycles. The fourth-order valence-electron chi connectivity index (χ4n) is 1.62. The van der Waals surface area contributed by atoms with Crippen molar-refractivity contribution >= 4 is 35.3 Å². The molecule has 0 spiro atoms. The maximum atomic E-state index is 11.5. The Hall–Kier alpha value is -3.20. The van der Waals surface area contributed by atoms with Crippen molar-refractivity contribution in [3.8, 4) is 0 Å². The Morgan fingerprint density at radius 3 is 2.79 bits per heavy atom. The zero-order valence-corrected chi connectivity index (χ0v) is 12.8. The summed E-state index contributed by atoms with van der Waals surface area (Å²) in [5, 5.41) is 16.8. The van der Waals surface area contributed by atoms with E-state index in [1.165, 1.54) is 24.5 Å². The number of non-ortho nitro benzene ring substituents is 1. The summed E-state index contributed by atoms with van der Waals surface area (Å²) >= 11 is 5.87. The molecule has 0 atom stereocenters. The number of carbonyl (C=O) groups excluding carboxylic acids is 2. The standard InChI is InChI=1S/C14H11ClN4O5/c15-12-4-3-10(19(22)23)6-9(12)7-17-18-14(21)13(20)16-8-11-2-1-5-24-11/h1-7H,8H2,(H,16,20)(H,18,21)/b17-7+. The number of rotatable bonds is 5. The van der Waals surface area contributed by atoms with E-state index in [0.717, 1.165) is 6.21 Å². The Kier molecular flexibility index (Phi) is 5.63. The van der Waals surface area contributed by atoms with Crippen LogP contribution in [0.3, 0.4) is 0 Å². The normalized spacial score (nSPS) is 10.5. The number of furan rings is 1. The molecule has 2 rings (SSSR count). The van der Waals surface area contributed by atoms with E-state index in [1.807, 2.05) is 5.43 Å². The minimum atomic E-state index is -1.00. The van der Waals surface area contributed by atoms with Gasteiger partial charge >= 0.3 is 11.8 Å². The van der Waals surface area contributed by atoms with Gasteiger partial charge in [-0.25, -0.2) is 5.43 Å². The first-order chi connectivity index (χ1) is 11.5. The van der Waals surface area contributed by atoms with Gasteiger partial charge in [-0.05, 0) is 18.2 Å². The lowest BCUT2D eigenvalue weighted by molar-refractivity contribution is -0.384. The summed E-state index contributed by atoms with van der Waals surface area (Å²) in [4.78, 5) is 33.2. The van der Waals surface area contributed by atoms with Crippen molar-refractivity contribution in [1.82, 2.24) is 10.7 Å². The van der Waals surface area contributed by atoms with Crippen LogP contribution in [0.4, 0.5) is 5.69 Å². The van der Waals surface area contributed by atoms with Crippen LogP contribution in [0.25, 0.3) is 0 Å². The summed E-state index contributed by atoms with van der Waals surface area (Å²) in [7, 11) is 0. The van der Waals surface area contributed by atoms with Crippen LogP contribution < -0.4 is 10.7 Å². The smallest absolute Gasteiger partial charge is 0.329 e. The number of carbonyl (C=O) groups is 2. The predicted molar refractivity (Wildman–Crippen MR) is 84.4 cm³/mol. The lowest BCUT2D eigenvalue weighted by Crippen LogP contribution is -2.37. The van der Waals surface area contributed by atoms with E-state index in [4.69, 9.17) is 16.0 Å². The monoisotopic (exact) mass is 350 g/mol. The van der Waals surface area contributed by atoms with Gasteiger partial charge in [0.15, 0.2) is 0 Å². The molecule has 2 amide bonds. The highest BCUT2D eigenvalue weighted by atomic mass is 35.5. The van der Waals surface area contributed by atoms with E-state index in [0.29, 0.717) is 5.76 Å². The van der Waals surface area contributed by atoms with Gasteiger partial charge in [-0.15, -0.1) is 0 Å². The van der Waals surface area contributed by atoms with Gasteiger partial charge in [-0.3, -0.25) is 19.7 Å². The first-order valence-corrected chi connectivity index (χ1v) is 6.92. The molecule has 0 aliphatic carbocycles. The van der Waals surface area contributed by atoms with E-state index < -0.39 is 16.7 Å². The maximum Gasteiger partial charge on any atom is 0.329 e. The summed E-state index contributed by atoms with van der Waals surface area (Å²) in [6, 6.07) is 7.05. The average molecular weight is 351 g/mol. The zero-order valence-electron chi connectivity index (χ0n) is 12.1. The Morgan fingerprint density at radius 1 is 1.33 bits per heavy atom. The summed E-state index contributed by atoms with van der Waals surface area (Å²) in [5.41, 5.74) is 2.04. The Balaban J connectivity index is 1.91. The van der Waals surface area contributed by atoms with Crippen molar-refractivity contribution in [2.24, 2.45) is 5.10 Å². The van der Waals surface area contributed by atoms with Crippen molar-refractivity contribution in [1.29, 1.82) is 0 Å². The van der Waals surface area contributed by atoms with Crippen LogP contribution in [0, 0.1) is 10.1 Å². The second-order valence-electron chi connectivity index (χ2n) is 4.42. The third kappa shape index (κ3) is 4.65. The van der Waals surface area contributed by atoms with Gasteiger partial charge in [-0.1, -0.05) is 11.6 Å². The van der Waals surface area contributed by atoms with Crippen LogP contribution in [-0.2, 0) is 16.1 Å². The number of hydrogen-bond donors (Lipinski definition) is 2. The predicted octanol–water partition coefficient (Wildman–Crippen LogP) is 1.61. The molecule has 0 unspecified atom stereocenters. The Morgan fingerprint density at radius 2 is 2.12 bits per heavy atom. The van der Waals surface area contributed by atoms with Crippen LogP contribution in [0.2, 0.25) is 5.02 Å². The van der Waals surface area contributed by atoms with Gasteiger partial charge < -0.3 is 9.73 Å². The molecule has 0 radical (unpaired) electrons. The molecule has 10 heteroatoms. The molecule has 0 aliphatic heterocycles. The van der Waals surface area contributed by atoms with Crippen molar-refractivity contribution in [2.75, 3.05) is 0 Å². The minimum Gasteiger partial charge on any atom is -0.467 e. The van der Waals surface area contributed by atoms with Gasteiger partial charge in [-0.2, -0.15) is 5.10 Å². The molecule has 24 heavy (non-hydrogen) atoms. The molecule has 1 heterocycles. The maximum absolute atomic E-state index is 11.5. The van der Waals surface area contributed by atoms with E-state index >= 15 is 0 Å². The second-order valence-corrected chi connectivity index (χ2v) is 4.83. The molecule has 1 aromatic heterocycles. The van der Waals surface area contributed by atoms with Gasteiger partial charge in [0.1, 0.15) is 5.76 Å². The number of nitrogens with zero attached hydrogens (tertiary/aromatic N) is 2. The third-order valence-corrected chi connectivity index (χ3v) is 3.11. The third-order valence-electron chi connectivity index (χ3n) is 2.77. The van der Waals surface area contributed by atoms with Crippen LogP contribution in [-0.4, -0.2) is 23.0 Å². The molecule has 9 nitrogen and oxygen atoms in total. The fraction of sp³-hybridized carbons (Fsp3) is 0.0714. The average Bonchev–Trinajstić information content (AvgIpc) is 3.07. The number of nitrogens with one attached hydrogen (secondary N) is 2. The number of halogens is 1. The summed E-state index contributed by atoms with van der Waals surface area (Å²) in [5.74, 6) is -1.42. The molecule has 2 N–H and O–H groups in total. The summed E-state index contributed by atoms with van der Waals surface area (Å²) in [6.07, 6.45) is 2.54. The molecule has 2 aromatic rings. The van der Waals surface area contributed by atoms with Gasteiger partial charge in [0.2, 0.25) is 0 Å². The van der Waals surface area contributed by atoms with Crippen molar-refractivity contribution in [3.05, 3.63) is 63.1 Å². The molecular formula is C14H11ClN4O5. The number of nitro benzene ring substituents is 1. The van der Waals surface area contributed by atoms with E-state index in [9.17, 15) is 19.7 Å². The lowest BCUT2D eigenvalue weighted by Gasteiger charge is -2.02. The van der Waals surface area contributed by atoms with Gasteiger partial charge in [0.05, 0.1) is 23.9 Å². The number of hydrazone groups is 1. The largest absolute Gasteiger partial charge is 0.467 e. The first-order valence-electron chi connectivity index (χ1n) is 6.55. The van der Waals surface area contributed by atoms with Gasteiger partial charge in [0, 0.05) is 22.7 Å². The molecule has 0 fully saturated rings. The van der Waals surface area contributed by atoms with Crippen molar-refractivity contribution in [2.45, 2.75) is 6.54 Å². The summed E-state index contributed by atoms with van der Waals surface area (Å²) < 4.78 is 5.00. The van der Waals surface area contributed by atoms with E-state index in [1.54, 1.807) is 12.1 Å². The molecule has 1 aromatic carbocycles. The molecular weight excluding hydrogens is 340 g/mol. The van der Waals surface area contributed by atoms with E-state index in [-0.39, 0.29) is 22.8 Å².